The van der Waals surface area contributed by atoms with Crippen molar-refractivity contribution in [3.05, 3.63) is 72.3 Å². The number of rotatable bonds is 6. The molecule has 3 N–H and O–H groups in total. The summed E-state index contributed by atoms with van der Waals surface area (Å²) < 4.78 is 33.6. The maximum Gasteiger partial charge on any atom is 0.263 e. The third-order valence-electron chi connectivity index (χ3n) is 4.59. The van der Waals surface area contributed by atoms with E-state index in [1.54, 1.807) is 48.5 Å². The number of aromatic hydroxyl groups is 1. The van der Waals surface area contributed by atoms with Gasteiger partial charge in [-0.1, -0.05) is 29.8 Å². The fourth-order valence-corrected chi connectivity index (χ4v) is 3.94. The Balaban J connectivity index is 1.79. The van der Waals surface area contributed by atoms with Gasteiger partial charge in [-0.05, 0) is 43.3 Å². The molecule has 0 aliphatic carbocycles. The molecule has 1 heterocycles. The van der Waals surface area contributed by atoms with Crippen molar-refractivity contribution in [1.29, 1.82) is 0 Å². The molecule has 3 aromatic carbocycles. The summed E-state index contributed by atoms with van der Waals surface area (Å²) in [7, 11) is -2.41. The van der Waals surface area contributed by atoms with Crippen LogP contribution in [0.25, 0.3) is 11.0 Å². The highest BCUT2D eigenvalue weighted by atomic mass is 32.2. The number of ether oxygens (including phenoxy) is 1. The number of sulfonamides is 1. The third-order valence-corrected chi connectivity index (χ3v) is 5.94. The standard InChI is InChI=1S/C22H20N4O4S/c1-14-7-10-16(11-8-14)31(28,29)26-22-21(23-17-5-3-4-6-18(17)24-22)25-19-13-15(30-2)9-12-20(19)27/h3-13,27H,1-2H3,(H,23,25)(H,24,26). The van der Waals surface area contributed by atoms with E-state index in [0.717, 1.165) is 5.56 Å². The molecule has 9 heteroatoms. The highest BCUT2D eigenvalue weighted by Gasteiger charge is 2.19. The van der Waals surface area contributed by atoms with E-state index in [0.29, 0.717) is 22.5 Å². The summed E-state index contributed by atoms with van der Waals surface area (Å²) >= 11 is 0. The smallest absolute Gasteiger partial charge is 0.263 e. The first-order valence-electron chi connectivity index (χ1n) is 9.36. The van der Waals surface area contributed by atoms with E-state index in [2.05, 4.69) is 20.0 Å². The van der Waals surface area contributed by atoms with Crippen molar-refractivity contribution < 1.29 is 18.3 Å². The lowest BCUT2D eigenvalue weighted by atomic mass is 10.2. The van der Waals surface area contributed by atoms with E-state index >= 15 is 0 Å². The first-order chi connectivity index (χ1) is 14.9. The second-order valence-electron chi connectivity index (χ2n) is 6.84. The number of para-hydroxylation sites is 2. The molecule has 158 valence electrons. The Morgan fingerprint density at radius 1 is 0.903 bits per heavy atom. The molecule has 4 aromatic rings. The molecule has 0 radical (unpaired) electrons. The molecule has 0 aliphatic rings. The number of hydrogen-bond donors (Lipinski definition) is 3. The molecule has 0 saturated heterocycles. The molecule has 4 rings (SSSR count). The summed E-state index contributed by atoms with van der Waals surface area (Å²) in [6.45, 7) is 1.88. The van der Waals surface area contributed by atoms with Crippen LogP contribution in [0, 0.1) is 6.92 Å². The zero-order valence-electron chi connectivity index (χ0n) is 16.8. The van der Waals surface area contributed by atoms with Crippen LogP contribution in [-0.2, 0) is 10.0 Å². The zero-order valence-corrected chi connectivity index (χ0v) is 17.6. The monoisotopic (exact) mass is 436 g/mol. The van der Waals surface area contributed by atoms with Gasteiger partial charge in [0.2, 0.25) is 0 Å². The van der Waals surface area contributed by atoms with Crippen molar-refractivity contribution in [3.8, 4) is 11.5 Å². The number of nitrogens with one attached hydrogen (secondary N) is 2. The molecule has 0 atom stereocenters. The molecule has 8 nitrogen and oxygen atoms in total. The maximum absolute atomic E-state index is 12.9. The normalized spacial score (nSPS) is 11.3. The predicted octanol–water partition coefficient (Wildman–Crippen LogP) is 4.20. The number of aromatic nitrogens is 2. The molecular weight excluding hydrogens is 416 g/mol. The van der Waals surface area contributed by atoms with Gasteiger partial charge in [0.25, 0.3) is 10.0 Å². The van der Waals surface area contributed by atoms with Crippen LogP contribution in [0.1, 0.15) is 5.56 Å². The van der Waals surface area contributed by atoms with Crippen LogP contribution in [0.3, 0.4) is 0 Å². The van der Waals surface area contributed by atoms with Gasteiger partial charge in [0.05, 0.1) is 28.7 Å². The molecule has 0 fully saturated rings. The molecule has 1 aromatic heterocycles. The van der Waals surface area contributed by atoms with E-state index in [-0.39, 0.29) is 22.3 Å². The third kappa shape index (κ3) is 4.36. The molecule has 0 unspecified atom stereocenters. The highest BCUT2D eigenvalue weighted by Crippen LogP contribution is 2.33. The quantitative estimate of drug-likeness (QED) is 0.388. The molecule has 0 bridgehead atoms. The van der Waals surface area contributed by atoms with Crippen molar-refractivity contribution in [1.82, 2.24) is 9.97 Å². The van der Waals surface area contributed by atoms with Crippen LogP contribution in [0.4, 0.5) is 17.3 Å². The van der Waals surface area contributed by atoms with Gasteiger partial charge >= 0.3 is 0 Å². The van der Waals surface area contributed by atoms with Crippen molar-refractivity contribution >= 4 is 38.4 Å². The minimum Gasteiger partial charge on any atom is -0.506 e. The summed E-state index contributed by atoms with van der Waals surface area (Å²) in [5, 5.41) is 13.2. The van der Waals surface area contributed by atoms with Gasteiger partial charge in [-0.15, -0.1) is 0 Å². The average molecular weight is 436 g/mol. The van der Waals surface area contributed by atoms with Gasteiger partial charge in [0.15, 0.2) is 11.6 Å². The largest absolute Gasteiger partial charge is 0.506 e. The summed E-state index contributed by atoms with van der Waals surface area (Å²) in [6.07, 6.45) is 0. The SMILES string of the molecule is COc1ccc(O)c(Nc2nc3ccccc3nc2NS(=O)(=O)c2ccc(C)cc2)c1. The Labute approximate surface area is 179 Å². The molecule has 0 spiro atoms. The fourth-order valence-electron chi connectivity index (χ4n) is 2.93. The molecule has 31 heavy (non-hydrogen) atoms. The second kappa shape index (κ2) is 8.11. The Morgan fingerprint density at radius 3 is 2.19 bits per heavy atom. The van der Waals surface area contributed by atoms with Crippen molar-refractivity contribution in [2.45, 2.75) is 11.8 Å². The van der Waals surface area contributed by atoms with Gasteiger partial charge in [-0.25, -0.2) is 18.4 Å². The number of hydrogen-bond acceptors (Lipinski definition) is 7. The van der Waals surface area contributed by atoms with Crippen molar-refractivity contribution in [2.24, 2.45) is 0 Å². The first kappa shape index (κ1) is 20.4. The minimum absolute atomic E-state index is 0.00138. The van der Waals surface area contributed by atoms with E-state index in [1.807, 2.05) is 6.92 Å². The lowest BCUT2D eigenvalue weighted by Gasteiger charge is -2.15. The summed E-state index contributed by atoms with van der Waals surface area (Å²) in [5.41, 5.74) is 2.32. The second-order valence-corrected chi connectivity index (χ2v) is 8.52. The Kier molecular flexibility index (Phi) is 5.35. The van der Waals surface area contributed by atoms with Crippen LogP contribution in [0.15, 0.2) is 71.6 Å². The number of phenolic OH excluding ortho intramolecular Hbond substituents is 1. The number of aryl methyl sites for hydroxylation is 1. The lowest BCUT2D eigenvalue weighted by molar-refractivity contribution is 0.413. The molecule has 0 saturated carbocycles. The zero-order chi connectivity index (χ0) is 22.0. The topological polar surface area (TPSA) is 113 Å². The maximum atomic E-state index is 12.9. The van der Waals surface area contributed by atoms with E-state index < -0.39 is 10.0 Å². The Morgan fingerprint density at radius 2 is 1.55 bits per heavy atom. The fraction of sp³-hybridized carbons (Fsp3) is 0.0909. The van der Waals surface area contributed by atoms with Crippen LogP contribution in [-0.4, -0.2) is 30.6 Å². The number of anilines is 3. The molecule has 0 amide bonds. The minimum atomic E-state index is -3.92. The summed E-state index contributed by atoms with van der Waals surface area (Å²) in [5.74, 6) is 0.596. The van der Waals surface area contributed by atoms with E-state index in [1.165, 1.54) is 25.3 Å². The van der Waals surface area contributed by atoms with Gasteiger partial charge in [-0.3, -0.25) is 4.72 Å². The number of phenols is 1. The number of fused-ring (bicyclic) bond motifs is 1. The average Bonchev–Trinajstić information content (AvgIpc) is 2.75. The van der Waals surface area contributed by atoms with Gasteiger partial charge in [0.1, 0.15) is 11.5 Å². The Bertz CT molecular complexity index is 1360. The van der Waals surface area contributed by atoms with Crippen molar-refractivity contribution in [3.63, 3.8) is 0 Å². The van der Waals surface area contributed by atoms with Crippen LogP contribution < -0.4 is 14.8 Å². The van der Waals surface area contributed by atoms with Gasteiger partial charge < -0.3 is 15.2 Å². The number of methoxy groups -OCH3 is 1. The Hall–Kier alpha value is -3.85. The first-order valence-corrected chi connectivity index (χ1v) is 10.8. The lowest BCUT2D eigenvalue weighted by Crippen LogP contribution is -2.16. The van der Waals surface area contributed by atoms with Gasteiger partial charge in [0, 0.05) is 6.07 Å². The molecular formula is C22H20N4O4S. The summed E-state index contributed by atoms with van der Waals surface area (Å²) in [4.78, 5) is 9.05. The molecule has 0 aliphatic heterocycles. The van der Waals surface area contributed by atoms with E-state index in [9.17, 15) is 13.5 Å². The summed E-state index contributed by atoms with van der Waals surface area (Å²) in [6, 6.07) is 18.2. The number of nitrogens with zero attached hydrogens (tertiary/aromatic N) is 2. The van der Waals surface area contributed by atoms with E-state index in [4.69, 9.17) is 4.74 Å². The highest BCUT2D eigenvalue weighted by molar-refractivity contribution is 7.92. The van der Waals surface area contributed by atoms with Gasteiger partial charge in [-0.2, -0.15) is 0 Å². The predicted molar refractivity (Wildman–Crippen MR) is 119 cm³/mol. The number of benzene rings is 3. The van der Waals surface area contributed by atoms with Crippen LogP contribution >= 0.6 is 0 Å². The van der Waals surface area contributed by atoms with Crippen molar-refractivity contribution in [2.75, 3.05) is 17.1 Å². The van der Waals surface area contributed by atoms with Crippen LogP contribution in [0.5, 0.6) is 11.5 Å². The van der Waals surface area contributed by atoms with Crippen LogP contribution in [0.2, 0.25) is 0 Å².